The van der Waals surface area contributed by atoms with E-state index in [2.05, 4.69) is 15.0 Å². The highest BCUT2D eigenvalue weighted by Crippen LogP contribution is 2.21. The van der Waals surface area contributed by atoms with Gasteiger partial charge in [-0.25, -0.2) is 9.97 Å². The highest BCUT2D eigenvalue weighted by atomic mass is 35.5. The summed E-state index contributed by atoms with van der Waals surface area (Å²) in [6, 6.07) is 11.9. The first-order valence-electron chi connectivity index (χ1n) is 8.00. The van der Waals surface area contributed by atoms with E-state index in [0.29, 0.717) is 28.1 Å². The molecule has 130 valence electrons. The molecule has 25 heavy (non-hydrogen) atoms. The van der Waals surface area contributed by atoms with E-state index in [1.54, 1.807) is 12.3 Å². The molecule has 0 spiro atoms. The first-order valence-corrected chi connectivity index (χ1v) is 9.37. The van der Waals surface area contributed by atoms with Crippen molar-refractivity contribution < 1.29 is 4.79 Å². The number of hydrogen-bond acceptors (Lipinski definition) is 4. The van der Waals surface area contributed by atoms with Gasteiger partial charge in [0.05, 0.1) is 16.3 Å². The lowest BCUT2D eigenvalue weighted by Gasteiger charge is -2.26. The minimum Gasteiger partial charge on any atom is -0.335 e. The fourth-order valence-corrected chi connectivity index (χ4v) is 3.39. The summed E-state index contributed by atoms with van der Waals surface area (Å²) in [5, 5.41) is 1.22. The molecule has 0 bridgehead atoms. The molecule has 0 atom stereocenters. The number of nitrogens with one attached hydrogen (secondary N) is 1. The molecule has 0 aliphatic carbocycles. The van der Waals surface area contributed by atoms with Crippen LogP contribution in [0.15, 0.2) is 47.8 Å². The van der Waals surface area contributed by atoms with Gasteiger partial charge in [-0.3, -0.25) is 4.79 Å². The van der Waals surface area contributed by atoms with Crippen molar-refractivity contribution in [1.29, 1.82) is 0 Å². The number of pyridine rings is 1. The number of carbonyl (C=O) groups is 1. The zero-order chi connectivity index (χ0) is 17.8. The van der Waals surface area contributed by atoms with Gasteiger partial charge in [0.1, 0.15) is 0 Å². The molecule has 0 unspecified atom stereocenters. The fourth-order valence-electron chi connectivity index (χ4n) is 2.47. The summed E-state index contributed by atoms with van der Waals surface area (Å²) in [5.41, 5.74) is 2.49. The van der Waals surface area contributed by atoms with Crippen LogP contribution in [0.1, 0.15) is 19.4 Å². The predicted molar refractivity (Wildman–Crippen MR) is 102 cm³/mol. The van der Waals surface area contributed by atoms with E-state index in [1.165, 1.54) is 11.8 Å². The van der Waals surface area contributed by atoms with Crippen molar-refractivity contribution >= 4 is 40.4 Å². The molecule has 7 heteroatoms. The molecule has 0 aliphatic heterocycles. The lowest BCUT2D eigenvalue weighted by atomic mass is 10.2. The van der Waals surface area contributed by atoms with Crippen molar-refractivity contribution in [2.75, 3.05) is 5.75 Å². The molecule has 3 rings (SSSR count). The van der Waals surface area contributed by atoms with Gasteiger partial charge in [0, 0.05) is 18.8 Å². The fraction of sp³-hybridized carbons (Fsp3) is 0.278. The van der Waals surface area contributed by atoms with E-state index in [1.807, 2.05) is 49.1 Å². The van der Waals surface area contributed by atoms with Gasteiger partial charge < -0.3 is 9.88 Å². The van der Waals surface area contributed by atoms with Crippen molar-refractivity contribution in [2.24, 2.45) is 0 Å². The third-order valence-corrected chi connectivity index (χ3v) is 4.82. The Morgan fingerprint density at radius 2 is 2.08 bits per heavy atom. The lowest BCUT2D eigenvalue weighted by Crippen LogP contribution is -2.37. The normalized spacial score (nSPS) is 11.2. The molecular formula is C18H19ClN4OS. The zero-order valence-corrected chi connectivity index (χ0v) is 15.6. The quantitative estimate of drug-likeness (QED) is 0.658. The molecule has 3 aromatic rings. The van der Waals surface area contributed by atoms with E-state index in [-0.39, 0.29) is 11.9 Å². The topological polar surface area (TPSA) is 61.9 Å². The summed E-state index contributed by atoms with van der Waals surface area (Å²) in [6.45, 7) is 4.66. The van der Waals surface area contributed by atoms with E-state index < -0.39 is 0 Å². The first kappa shape index (κ1) is 17.8. The number of carbonyl (C=O) groups excluding carboxylic acids is 1. The van der Waals surface area contributed by atoms with Crippen LogP contribution in [0.2, 0.25) is 5.02 Å². The SMILES string of the molecule is CC(C)N(Cc1ccccc1)C(=O)CSc1nc2ncc(Cl)cc2[nH]1. The van der Waals surface area contributed by atoms with Gasteiger partial charge in [-0.15, -0.1) is 0 Å². The maximum absolute atomic E-state index is 12.7. The molecule has 0 radical (unpaired) electrons. The number of imidazole rings is 1. The number of hydrogen-bond donors (Lipinski definition) is 1. The Balaban J connectivity index is 1.66. The maximum atomic E-state index is 12.7. The van der Waals surface area contributed by atoms with Crippen molar-refractivity contribution in [2.45, 2.75) is 31.6 Å². The summed E-state index contributed by atoms with van der Waals surface area (Å²) >= 11 is 7.31. The Morgan fingerprint density at radius 1 is 1.32 bits per heavy atom. The number of fused-ring (bicyclic) bond motifs is 1. The summed E-state index contributed by atoms with van der Waals surface area (Å²) in [4.78, 5) is 26.2. The largest absolute Gasteiger partial charge is 0.335 e. The number of thioether (sulfide) groups is 1. The van der Waals surface area contributed by atoms with Crippen LogP contribution in [0.25, 0.3) is 11.2 Å². The van der Waals surface area contributed by atoms with Crippen LogP contribution in [0.3, 0.4) is 0 Å². The van der Waals surface area contributed by atoms with Crippen molar-refractivity contribution in [3.63, 3.8) is 0 Å². The Labute approximate surface area is 155 Å². The van der Waals surface area contributed by atoms with E-state index >= 15 is 0 Å². The number of aromatic amines is 1. The first-order chi connectivity index (χ1) is 12.0. The van der Waals surface area contributed by atoms with Gasteiger partial charge in [-0.05, 0) is 25.5 Å². The summed E-state index contributed by atoms with van der Waals surface area (Å²) < 4.78 is 0. The molecule has 2 heterocycles. The number of nitrogens with zero attached hydrogens (tertiary/aromatic N) is 3. The minimum absolute atomic E-state index is 0.0790. The van der Waals surface area contributed by atoms with E-state index in [9.17, 15) is 4.79 Å². The predicted octanol–water partition coefficient (Wildman–Crippen LogP) is 4.14. The zero-order valence-electron chi connectivity index (χ0n) is 14.1. The standard InChI is InChI=1S/C18H19ClN4OS/c1-12(2)23(10-13-6-4-3-5-7-13)16(24)11-25-18-21-15-8-14(19)9-20-17(15)22-18/h3-9,12H,10-11H2,1-2H3,(H,20,21,22). The van der Waals surface area contributed by atoms with E-state index in [4.69, 9.17) is 11.6 Å². The van der Waals surface area contributed by atoms with Crippen molar-refractivity contribution in [3.05, 3.63) is 53.2 Å². The van der Waals surface area contributed by atoms with Gasteiger partial charge in [0.25, 0.3) is 0 Å². The van der Waals surface area contributed by atoms with Gasteiger partial charge in [0.2, 0.25) is 5.91 Å². The van der Waals surface area contributed by atoms with E-state index in [0.717, 1.165) is 11.1 Å². The molecule has 5 nitrogen and oxygen atoms in total. The molecule has 0 saturated heterocycles. The minimum atomic E-state index is 0.0790. The monoisotopic (exact) mass is 374 g/mol. The summed E-state index contributed by atoms with van der Waals surface area (Å²) in [5.74, 6) is 0.397. The number of amides is 1. The maximum Gasteiger partial charge on any atom is 0.233 e. The molecule has 0 saturated carbocycles. The number of benzene rings is 1. The summed E-state index contributed by atoms with van der Waals surface area (Å²) in [6.07, 6.45) is 1.56. The molecule has 1 N–H and O–H groups in total. The second-order valence-corrected chi connectivity index (χ2v) is 7.36. The highest BCUT2D eigenvalue weighted by Gasteiger charge is 2.18. The van der Waals surface area contributed by atoms with Gasteiger partial charge in [-0.1, -0.05) is 53.7 Å². The molecule has 0 aliphatic rings. The molecule has 2 aromatic heterocycles. The third kappa shape index (κ3) is 4.52. The van der Waals surface area contributed by atoms with Crippen LogP contribution in [0.5, 0.6) is 0 Å². The van der Waals surface area contributed by atoms with Crippen molar-refractivity contribution in [1.82, 2.24) is 19.9 Å². The van der Waals surface area contributed by atoms with Gasteiger partial charge >= 0.3 is 0 Å². The number of halogens is 1. The Hall–Kier alpha value is -2.05. The average Bonchev–Trinajstić information content (AvgIpc) is 3.00. The summed E-state index contributed by atoms with van der Waals surface area (Å²) in [7, 11) is 0. The average molecular weight is 375 g/mol. The van der Waals surface area contributed by atoms with Gasteiger partial charge in [0.15, 0.2) is 10.8 Å². The second-order valence-electron chi connectivity index (χ2n) is 5.96. The van der Waals surface area contributed by atoms with Crippen LogP contribution < -0.4 is 0 Å². The molecular weight excluding hydrogens is 356 g/mol. The Kier molecular flexibility index (Phi) is 5.60. The van der Waals surface area contributed by atoms with Crippen LogP contribution >= 0.6 is 23.4 Å². The second kappa shape index (κ2) is 7.89. The van der Waals surface area contributed by atoms with Gasteiger partial charge in [-0.2, -0.15) is 0 Å². The van der Waals surface area contributed by atoms with Crippen LogP contribution in [-0.4, -0.2) is 37.6 Å². The van der Waals surface area contributed by atoms with Crippen LogP contribution in [0.4, 0.5) is 0 Å². The third-order valence-electron chi connectivity index (χ3n) is 3.75. The van der Waals surface area contributed by atoms with Crippen molar-refractivity contribution in [3.8, 4) is 0 Å². The highest BCUT2D eigenvalue weighted by molar-refractivity contribution is 7.99. The molecule has 1 amide bonds. The lowest BCUT2D eigenvalue weighted by molar-refractivity contribution is -0.130. The molecule has 0 fully saturated rings. The Morgan fingerprint density at radius 3 is 2.80 bits per heavy atom. The number of aromatic nitrogens is 3. The molecule has 1 aromatic carbocycles. The Bertz CT molecular complexity index is 866. The number of rotatable bonds is 6. The van der Waals surface area contributed by atoms with Crippen LogP contribution in [0, 0.1) is 0 Å². The smallest absolute Gasteiger partial charge is 0.233 e. The number of H-pyrrole nitrogens is 1. The van der Waals surface area contributed by atoms with Crippen LogP contribution in [-0.2, 0) is 11.3 Å².